The minimum atomic E-state index is 0.0801. The summed E-state index contributed by atoms with van der Waals surface area (Å²) < 4.78 is 6.54. The van der Waals surface area contributed by atoms with Crippen LogP contribution in [-0.2, 0) is 0 Å². The second kappa shape index (κ2) is 10.1. The van der Waals surface area contributed by atoms with Gasteiger partial charge < -0.3 is 10.6 Å². The van der Waals surface area contributed by atoms with Crippen LogP contribution in [0.15, 0.2) is 58.9 Å². The van der Waals surface area contributed by atoms with Gasteiger partial charge in [0.25, 0.3) is 0 Å². The maximum Gasteiger partial charge on any atom is 0.448 e. The van der Waals surface area contributed by atoms with Crippen molar-refractivity contribution in [2.45, 2.75) is 25.8 Å². The molecule has 5 rings (SSSR count). The van der Waals surface area contributed by atoms with Gasteiger partial charge in [-0.3, -0.25) is 4.98 Å². The Balaban J connectivity index is 1.48. The number of hydrogen-bond donors (Lipinski definition) is 1. The lowest BCUT2D eigenvalue weighted by Gasteiger charge is -2.34. The van der Waals surface area contributed by atoms with Crippen LogP contribution in [0.2, 0.25) is 0 Å². The molecule has 184 valence electrons. The van der Waals surface area contributed by atoms with E-state index in [1.807, 2.05) is 37.4 Å². The summed E-state index contributed by atoms with van der Waals surface area (Å²) in [7, 11) is 0. The predicted octanol–water partition coefficient (Wildman–Crippen LogP) is 5.02. The standard InChI is InChI=1S/C25H24BrCl2N8/c1-3-30-25(28)35(15(2)27)18-8-10-34(11-9-18)24-21(26)22(29)36-23(33-24)19(14-32-36)17-12-16-6-4-5-7-20(16)31-13-17/h3-7,12-14,18H,2,8-11,29H2,1H3/q+1. The van der Waals surface area contributed by atoms with Gasteiger partial charge in [-0.1, -0.05) is 18.2 Å². The number of piperidine rings is 1. The van der Waals surface area contributed by atoms with Gasteiger partial charge in [0.2, 0.25) is 0 Å². The van der Waals surface area contributed by atoms with Crippen molar-refractivity contribution in [3.05, 3.63) is 58.9 Å². The number of pyridine rings is 1. The molecule has 1 fully saturated rings. The van der Waals surface area contributed by atoms with E-state index in [1.54, 1.807) is 21.8 Å². The summed E-state index contributed by atoms with van der Waals surface area (Å²) in [5, 5.41) is 6.22. The average molecular weight is 587 g/mol. The molecule has 0 amide bonds. The molecular formula is C25H24BrCl2N8+. The second-order valence-electron chi connectivity index (χ2n) is 8.47. The Morgan fingerprint density at radius 1 is 1.25 bits per heavy atom. The zero-order valence-electron chi connectivity index (χ0n) is 19.6. The maximum absolute atomic E-state index is 6.49. The Hall–Kier alpha value is -3.10. The van der Waals surface area contributed by atoms with E-state index < -0.39 is 0 Å². The fourth-order valence-corrected chi connectivity index (χ4v) is 5.67. The highest BCUT2D eigenvalue weighted by Gasteiger charge is 2.35. The fraction of sp³-hybridized carbons (Fsp3) is 0.240. The van der Waals surface area contributed by atoms with Crippen LogP contribution in [0.4, 0.5) is 11.6 Å². The predicted molar refractivity (Wildman–Crippen MR) is 153 cm³/mol. The Kier molecular flexibility index (Phi) is 6.90. The number of amidine groups is 1. The number of benzene rings is 1. The minimum absolute atomic E-state index is 0.0801. The van der Waals surface area contributed by atoms with E-state index >= 15 is 0 Å². The van der Waals surface area contributed by atoms with Crippen LogP contribution < -0.4 is 15.3 Å². The number of rotatable bonds is 4. The van der Waals surface area contributed by atoms with E-state index in [0.29, 0.717) is 26.4 Å². The van der Waals surface area contributed by atoms with Gasteiger partial charge in [0.1, 0.15) is 22.2 Å². The monoisotopic (exact) mass is 585 g/mol. The van der Waals surface area contributed by atoms with E-state index in [1.165, 1.54) is 0 Å². The van der Waals surface area contributed by atoms with Crippen molar-refractivity contribution in [3.63, 3.8) is 0 Å². The Morgan fingerprint density at radius 2 is 2.00 bits per heavy atom. The van der Waals surface area contributed by atoms with Gasteiger partial charge in [0.05, 0.1) is 11.7 Å². The summed E-state index contributed by atoms with van der Waals surface area (Å²) in [6, 6.07) is 10.2. The number of hydrogen-bond acceptors (Lipinski definition) is 5. The molecule has 0 unspecified atom stereocenters. The van der Waals surface area contributed by atoms with E-state index in [9.17, 15) is 0 Å². The topological polar surface area (TPSA) is 89.7 Å². The van der Waals surface area contributed by atoms with Gasteiger partial charge in [-0.05, 0) is 46.2 Å². The van der Waals surface area contributed by atoms with Crippen molar-refractivity contribution >= 4 is 78.8 Å². The van der Waals surface area contributed by atoms with Gasteiger partial charge in [-0.2, -0.15) is 14.5 Å². The molecular weight excluding hydrogens is 563 g/mol. The van der Waals surface area contributed by atoms with Crippen LogP contribution in [0.25, 0.3) is 27.7 Å². The molecule has 3 aromatic heterocycles. The van der Waals surface area contributed by atoms with Gasteiger partial charge in [-0.15, -0.1) is 0 Å². The number of nitrogens with two attached hydrogens (primary N) is 1. The van der Waals surface area contributed by atoms with E-state index in [4.69, 9.17) is 33.9 Å². The highest BCUT2D eigenvalue weighted by atomic mass is 79.9. The van der Waals surface area contributed by atoms with Crippen LogP contribution in [0.1, 0.15) is 19.8 Å². The highest BCUT2D eigenvalue weighted by Crippen LogP contribution is 2.36. The first-order valence-electron chi connectivity index (χ1n) is 11.5. The number of nitrogens with zero attached hydrogens (tertiary/aromatic N) is 7. The molecule has 8 nitrogen and oxygen atoms in total. The molecule has 0 saturated carbocycles. The van der Waals surface area contributed by atoms with E-state index in [-0.39, 0.29) is 6.04 Å². The molecule has 1 saturated heterocycles. The molecule has 36 heavy (non-hydrogen) atoms. The molecule has 0 bridgehead atoms. The summed E-state index contributed by atoms with van der Waals surface area (Å²) in [4.78, 5) is 13.6. The van der Waals surface area contributed by atoms with Crippen LogP contribution in [-0.4, -0.2) is 55.1 Å². The van der Waals surface area contributed by atoms with Crippen LogP contribution >= 0.6 is 39.1 Å². The molecule has 0 aliphatic carbocycles. The summed E-state index contributed by atoms with van der Waals surface area (Å²) in [5.74, 6) is 1.26. The number of fused-ring (bicyclic) bond motifs is 2. The lowest BCUT2D eigenvalue weighted by Crippen LogP contribution is -2.46. The van der Waals surface area contributed by atoms with Gasteiger partial charge in [0.15, 0.2) is 17.0 Å². The third kappa shape index (κ3) is 4.44. The summed E-state index contributed by atoms with van der Waals surface area (Å²) in [6.45, 7) is 7.14. The smallest absolute Gasteiger partial charge is 0.383 e. The van der Waals surface area contributed by atoms with Crippen molar-refractivity contribution in [3.8, 4) is 11.1 Å². The normalized spacial score (nSPS) is 14.2. The molecule has 2 N–H and O–H groups in total. The molecule has 0 atom stereocenters. The van der Waals surface area contributed by atoms with Crippen molar-refractivity contribution in [2.75, 3.05) is 23.7 Å². The van der Waals surface area contributed by atoms with Crippen LogP contribution in [0.5, 0.6) is 0 Å². The lowest BCUT2D eigenvalue weighted by molar-refractivity contribution is 0.327. The first-order valence-corrected chi connectivity index (χ1v) is 13.0. The lowest BCUT2D eigenvalue weighted by atomic mass is 10.0. The summed E-state index contributed by atoms with van der Waals surface area (Å²) >= 11 is 16.3. The number of aromatic nitrogens is 4. The Bertz CT molecular complexity index is 1530. The summed E-state index contributed by atoms with van der Waals surface area (Å²) in [5.41, 5.74) is 9.90. The quantitative estimate of drug-likeness (QED) is 0.156. The molecule has 0 spiro atoms. The van der Waals surface area contributed by atoms with Crippen LogP contribution in [0, 0.1) is 0 Å². The third-order valence-corrected chi connectivity index (χ3v) is 7.55. The van der Waals surface area contributed by atoms with Crippen molar-refractivity contribution in [1.29, 1.82) is 0 Å². The van der Waals surface area contributed by atoms with Gasteiger partial charge in [0, 0.05) is 67.2 Å². The number of halogens is 3. The van der Waals surface area contributed by atoms with Crippen LogP contribution in [0.3, 0.4) is 0 Å². The summed E-state index contributed by atoms with van der Waals surface area (Å²) in [6.07, 6.45) is 6.85. The molecule has 4 aromatic rings. The fourth-order valence-electron chi connectivity index (χ4n) is 4.57. The third-order valence-electron chi connectivity index (χ3n) is 6.33. The van der Waals surface area contributed by atoms with Crippen molar-refractivity contribution in [1.82, 2.24) is 29.1 Å². The molecule has 1 aliphatic heterocycles. The Labute approximate surface area is 226 Å². The highest BCUT2D eigenvalue weighted by molar-refractivity contribution is 9.10. The largest absolute Gasteiger partial charge is 0.448 e. The number of nitrogen functional groups attached to an aromatic ring is 1. The zero-order valence-corrected chi connectivity index (χ0v) is 22.7. The first-order chi connectivity index (χ1) is 17.4. The SMILES string of the molecule is C=C(Cl)N(C(Cl)=[N+]=CC)C1CCN(c2nc3c(-c4cnc5ccccc5c4)cnn3c(N)c2Br)CC1. The second-order valence-corrected chi connectivity index (χ2v) is 10.0. The number of anilines is 2. The maximum atomic E-state index is 6.49. The van der Waals surface area contributed by atoms with Crippen molar-refractivity contribution in [2.24, 2.45) is 0 Å². The zero-order chi connectivity index (χ0) is 25.4. The van der Waals surface area contributed by atoms with E-state index in [0.717, 1.165) is 53.8 Å². The molecule has 1 aromatic carbocycles. The van der Waals surface area contributed by atoms with Gasteiger partial charge >= 0.3 is 5.29 Å². The van der Waals surface area contributed by atoms with E-state index in [2.05, 4.69) is 48.2 Å². The Morgan fingerprint density at radius 3 is 2.72 bits per heavy atom. The average Bonchev–Trinajstić information content (AvgIpc) is 3.30. The molecule has 4 heterocycles. The number of para-hydroxylation sites is 1. The minimum Gasteiger partial charge on any atom is -0.383 e. The molecule has 0 radical (unpaired) electrons. The molecule has 1 aliphatic rings. The first kappa shape index (κ1) is 24.6. The molecule has 11 heteroatoms. The van der Waals surface area contributed by atoms with Gasteiger partial charge in [-0.25, -0.2) is 9.65 Å². The van der Waals surface area contributed by atoms with Crippen molar-refractivity contribution < 1.29 is 0 Å².